The van der Waals surface area contributed by atoms with Crippen molar-refractivity contribution < 1.29 is 24.5 Å². The number of ether oxygens (including phenoxy) is 1. The van der Waals surface area contributed by atoms with Gasteiger partial charge < -0.3 is 20.7 Å². The van der Waals surface area contributed by atoms with Crippen molar-refractivity contribution in [1.82, 2.24) is 4.98 Å². The molecule has 0 unspecified atom stereocenters. The standard InChI is InChI=1S/C12H12N2O5S/c1-19-6-4-7-10(9(13)11(6)18)14-12(20-7)5(15)2-3-8(16)17/h4,18H,2-3,13H2,1H3,(H,16,17). The van der Waals surface area contributed by atoms with Gasteiger partial charge >= 0.3 is 5.97 Å². The third-order valence-electron chi connectivity index (χ3n) is 2.68. The summed E-state index contributed by atoms with van der Waals surface area (Å²) in [6, 6.07) is 1.53. The number of nitrogens with two attached hydrogens (primary N) is 1. The Hall–Kier alpha value is -2.35. The van der Waals surface area contributed by atoms with Crippen molar-refractivity contribution >= 4 is 39.0 Å². The summed E-state index contributed by atoms with van der Waals surface area (Å²) in [6.07, 6.45) is -0.378. The van der Waals surface area contributed by atoms with Crippen LogP contribution < -0.4 is 10.5 Å². The third kappa shape index (κ3) is 2.50. The van der Waals surface area contributed by atoms with Gasteiger partial charge in [-0.25, -0.2) is 4.98 Å². The molecule has 1 aromatic carbocycles. The van der Waals surface area contributed by atoms with Gasteiger partial charge in [0, 0.05) is 12.5 Å². The Balaban J connectivity index is 2.41. The number of anilines is 1. The molecule has 0 aliphatic rings. The number of carboxylic acids is 1. The number of hydrogen-bond donors (Lipinski definition) is 3. The molecule has 0 saturated heterocycles. The second-order valence-electron chi connectivity index (χ2n) is 4.02. The minimum Gasteiger partial charge on any atom is -0.503 e. The highest BCUT2D eigenvalue weighted by Crippen LogP contribution is 2.40. The van der Waals surface area contributed by atoms with Crippen LogP contribution in [-0.2, 0) is 4.79 Å². The molecule has 0 radical (unpaired) electrons. The van der Waals surface area contributed by atoms with Crippen LogP contribution in [0, 0.1) is 0 Å². The molecule has 2 aromatic rings. The molecule has 8 heteroatoms. The topological polar surface area (TPSA) is 123 Å². The molecule has 0 spiro atoms. The number of ketones is 1. The highest BCUT2D eigenvalue weighted by molar-refractivity contribution is 7.20. The van der Waals surface area contributed by atoms with Crippen molar-refractivity contribution in [3.63, 3.8) is 0 Å². The van der Waals surface area contributed by atoms with Gasteiger partial charge in [0.05, 0.1) is 18.2 Å². The lowest BCUT2D eigenvalue weighted by atomic mass is 10.2. The highest BCUT2D eigenvalue weighted by Gasteiger charge is 2.18. The molecule has 2 rings (SSSR count). The van der Waals surface area contributed by atoms with Crippen LogP contribution in [0.1, 0.15) is 22.6 Å². The molecule has 7 nitrogen and oxygen atoms in total. The van der Waals surface area contributed by atoms with Crippen LogP contribution in [0.25, 0.3) is 10.2 Å². The van der Waals surface area contributed by atoms with Crippen molar-refractivity contribution in [1.29, 1.82) is 0 Å². The number of phenolic OH excluding ortho intramolecular Hbond substituents is 1. The summed E-state index contributed by atoms with van der Waals surface area (Å²) < 4.78 is 5.56. The fourth-order valence-electron chi connectivity index (χ4n) is 1.66. The zero-order chi connectivity index (χ0) is 14.9. The van der Waals surface area contributed by atoms with E-state index in [-0.39, 0.29) is 40.8 Å². The Morgan fingerprint density at radius 1 is 1.45 bits per heavy atom. The van der Waals surface area contributed by atoms with E-state index in [0.717, 1.165) is 11.3 Å². The molecule has 0 aliphatic heterocycles. The van der Waals surface area contributed by atoms with E-state index in [4.69, 9.17) is 15.6 Å². The van der Waals surface area contributed by atoms with Crippen LogP contribution in [0.2, 0.25) is 0 Å². The number of Topliss-reactive ketones (excluding diaryl/α,β-unsaturated/α-hetero) is 1. The van der Waals surface area contributed by atoms with Crippen molar-refractivity contribution in [3.8, 4) is 11.5 Å². The van der Waals surface area contributed by atoms with Gasteiger partial charge in [-0.2, -0.15) is 0 Å². The van der Waals surface area contributed by atoms with Gasteiger partial charge in [-0.15, -0.1) is 11.3 Å². The fourth-order valence-corrected chi connectivity index (χ4v) is 2.64. The zero-order valence-corrected chi connectivity index (χ0v) is 11.4. The summed E-state index contributed by atoms with van der Waals surface area (Å²) >= 11 is 1.08. The van der Waals surface area contributed by atoms with Crippen molar-refractivity contribution in [2.45, 2.75) is 12.8 Å². The van der Waals surface area contributed by atoms with E-state index in [1.807, 2.05) is 0 Å². The van der Waals surface area contributed by atoms with Crippen molar-refractivity contribution in [3.05, 3.63) is 11.1 Å². The lowest BCUT2D eigenvalue weighted by Gasteiger charge is -2.05. The summed E-state index contributed by atoms with van der Waals surface area (Å²) in [5, 5.41) is 18.5. The first-order valence-corrected chi connectivity index (χ1v) is 6.46. The number of rotatable bonds is 5. The van der Waals surface area contributed by atoms with E-state index in [9.17, 15) is 14.7 Å². The minimum absolute atomic E-state index is 0.0351. The van der Waals surface area contributed by atoms with E-state index < -0.39 is 5.97 Å². The van der Waals surface area contributed by atoms with Gasteiger partial charge in [-0.3, -0.25) is 9.59 Å². The Morgan fingerprint density at radius 2 is 2.15 bits per heavy atom. The number of thiazole rings is 1. The van der Waals surface area contributed by atoms with Crippen LogP contribution in [-0.4, -0.2) is 34.1 Å². The maximum absolute atomic E-state index is 11.8. The maximum Gasteiger partial charge on any atom is 0.303 e. The summed E-state index contributed by atoms with van der Waals surface area (Å²) in [4.78, 5) is 26.3. The van der Waals surface area contributed by atoms with Gasteiger partial charge in [-0.1, -0.05) is 0 Å². The second kappa shape index (κ2) is 5.33. The highest BCUT2D eigenvalue weighted by atomic mass is 32.1. The molecule has 0 aliphatic carbocycles. The smallest absolute Gasteiger partial charge is 0.303 e. The van der Waals surface area contributed by atoms with Crippen LogP contribution in [0.3, 0.4) is 0 Å². The van der Waals surface area contributed by atoms with Crippen molar-refractivity contribution in [2.75, 3.05) is 12.8 Å². The number of carbonyl (C=O) groups is 2. The Morgan fingerprint density at radius 3 is 2.75 bits per heavy atom. The number of aromatic nitrogens is 1. The monoisotopic (exact) mass is 296 g/mol. The molecular formula is C12H12N2O5S. The number of carboxylic acid groups (broad SMARTS) is 1. The summed E-state index contributed by atoms with van der Waals surface area (Å²) in [6.45, 7) is 0. The number of nitrogens with zero attached hydrogens (tertiary/aromatic N) is 1. The number of hydrogen-bond acceptors (Lipinski definition) is 7. The van der Waals surface area contributed by atoms with Gasteiger partial charge in [-0.05, 0) is 0 Å². The molecule has 0 amide bonds. The summed E-state index contributed by atoms with van der Waals surface area (Å²) in [5.74, 6) is -1.44. The number of methoxy groups -OCH3 is 1. The fraction of sp³-hybridized carbons (Fsp3) is 0.250. The number of phenols is 1. The average Bonchev–Trinajstić information content (AvgIpc) is 2.84. The van der Waals surface area contributed by atoms with E-state index in [1.54, 1.807) is 0 Å². The molecule has 0 saturated carbocycles. The van der Waals surface area contributed by atoms with E-state index >= 15 is 0 Å². The maximum atomic E-state index is 11.8. The second-order valence-corrected chi connectivity index (χ2v) is 5.05. The number of carbonyl (C=O) groups excluding carboxylic acids is 1. The van der Waals surface area contributed by atoms with Crippen LogP contribution in [0.4, 0.5) is 5.69 Å². The lowest BCUT2D eigenvalue weighted by molar-refractivity contribution is -0.136. The largest absolute Gasteiger partial charge is 0.503 e. The molecule has 106 valence electrons. The normalized spacial score (nSPS) is 10.7. The lowest BCUT2D eigenvalue weighted by Crippen LogP contribution is -2.03. The molecule has 1 heterocycles. The predicted molar refractivity (Wildman–Crippen MR) is 73.4 cm³/mol. The first-order valence-electron chi connectivity index (χ1n) is 5.65. The Kier molecular flexibility index (Phi) is 3.75. The first kappa shape index (κ1) is 14.1. The number of aromatic hydroxyl groups is 1. The molecule has 0 atom stereocenters. The molecule has 1 aromatic heterocycles. The van der Waals surface area contributed by atoms with Gasteiger partial charge in [0.25, 0.3) is 0 Å². The van der Waals surface area contributed by atoms with Gasteiger partial charge in [0.15, 0.2) is 22.3 Å². The van der Waals surface area contributed by atoms with E-state index in [0.29, 0.717) is 10.2 Å². The molecule has 4 N–H and O–H groups in total. The minimum atomic E-state index is -1.04. The number of nitrogen functional groups attached to an aromatic ring is 1. The number of aliphatic carboxylic acids is 1. The van der Waals surface area contributed by atoms with Crippen LogP contribution in [0.5, 0.6) is 11.5 Å². The molecule has 0 fully saturated rings. The van der Waals surface area contributed by atoms with E-state index in [2.05, 4.69) is 4.98 Å². The third-order valence-corrected chi connectivity index (χ3v) is 3.73. The molecular weight excluding hydrogens is 284 g/mol. The average molecular weight is 296 g/mol. The number of benzene rings is 1. The quantitative estimate of drug-likeness (QED) is 0.435. The number of fused-ring (bicyclic) bond motifs is 1. The summed E-state index contributed by atoms with van der Waals surface area (Å²) in [5.41, 5.74) is 6.09. The first-order chi connectivity index (χ1) is 9.43. The van der Waals surface area contributed by atoms with E-state index in [1.165, 1.54) is 13.2 Å². The van der Waals surface area contributed by atoms with Crippen molar-refractivity contribution in [2.24, 2.45) is 0 Å². The zero-order valence-electron chi connectivity index (χ0n) is 10.5. The Bertz CT molecular complexity index is 695. The molecule has 20 heavy (non-hydrogen) atoms. The summed E-state index contributed by atoms with van der Waals surface area (Å²) in [7, 11) is 1.39. The van der Waals surface area contributed by atoms with Crippen LogP contribution in [0.15, 0.2) is 6.07 Å². The van der Waals surface area contributed by atoms with Gasteiger partial charge in [0.2, 0.25) is 0 Å². The predicted octanol–water partition coefficient (Wildman–Crippen LogP) is 1.64. The SMILES string of the molecule is COc1cc2sc(C(=O)CCC(=O)O)nc2c(N)c1O. The van der Waals surface area contributed by atoms with Crippen LogP contribution >= 0.6 is 11.3 Å². The van der Waals surface area contributed by atoms with Gasteiger partial charge in [0.1, 0.15) is 11.2 Å². The molecule has 0 bridgehead atoms. The Labute approximate surface area is 117 Å².